The molecule has 10 atom stereocenters. The van der Waals surface area contributed by atoms with Gasteiger partial charge in [0.05, 0.1) is 24.7 Å². The van der Waals surface area contributed by atoms with Gasteiger partial charge in [0.2, 0.25) is 0 Å². The lowest BCUT2D eigenvalue weighted by atomic mass is 9.96. The Labute approximate surface area is 263 Å². The van der Waals surface area contributed by atoms with E-state index in [2.05, 4.69) is 19.1 Å². The van der Waals surface area contributed by atoms with Gasteiger partial charge in [-0.2, -0.15) is 0 Å². The van der Waals surface area contributed by atoms with Gasteiger partial charge in [-0.15, -0.1) is 0 Å². The molecule has 1 fully saturated rings. The van der Waals surface area contributed by atoms with Gasteiger partial charge in [-0.05, 0) is 51.2 Å². The first-order chi connectivity index (χ1) is 21.0. The largest absolute Gasteiger partial charge is 0.458 e. The average Bonchev–Trinajstić information content (AvgIpc) is 2.97. The molecule has 2 aliphatic heterocycles. The summed E-state index contributed by atoms with van der Waals surface area (Å²) >= 11 is 0. The number of esters is 1. The van der Waals surface area contributed by atoms with E-state index in [1.807, 2.05) is 57.2 Å². The molecule has 44 heavy (non-hydrogen) atoms. The zero-order valence-corrected chi connectivity index (χ0v) is 27.3. The molecule has 3 N–H and O–H groups in total. The number of aliphatic hydroxyl groups is 3. The first-order valence-corrected chi connectivity index (χ1v) is 15.4. The van der Waals surface area contributed by atoms with Crippen LogP contribution >= 0.6 is 0 Å². The second-order valence-electron chi connectivity index (χ2n) is 11.6. The molecule has 2 heterocycles. The van der Waals surface area contributed by atoms with Crippen LogP contribution in [0.25, 0.3) is 0 Å². The van der Waals surface area contributed by atoms with Gasteiger partial charge in [0.25, 0.3) is 0 Å². The highest BCUT2D eigenvalue weighted by molar-refractivity contribution is 5.70. The third-order valence-electron chi connectivity index (χ3n) is 7.77. The van der Waals surface area contributed by atoms with Crippen LogP contribution in [0.3, 0.4) is 0 Å². The maximum atomic E-state index is 13.3. The van der Waals surface area contributed by atoms with Crippen molar-refractivity contribution >= 4 is 5.97 Å². The fourth-order valence-corrected chi connectivity index (χ4v) is 5.41. The number of ether oxygens (including phenoxy) is 6. The Hall–Kier alpha value is -2.15. The fraction of sp³-hybridized carbons (Fsp3) is 0.676. The number of hydrogen-bond acceptors (Lipinski definition) is 10. The molecule has 0 radical (unpaired) electrons. The van der Waals surface area contributed by atoms with E-state index in [0.29, 0.717) is 6.42 Å². The second kappa shape index (κ2) is 20.1. The lowest BCUT2D eigenvalue weighted by molar-refractivity contribution is -0.356. The van der Waals surface area contributed by atoms with Crippen LogP contribution < -0.4 is 0 Å². The fourth-order valence-electron chi connectivity index (χ4n) is 5.41. The zero-order valence-electron chi connectivity index (χ0n) is 27.3. The smallest absolute Gasteiger partial charge is 0.309 e. The molecule has 10 nitrogen and oxygen atoms in total. The first kappa shape index (κ1) is 38.0. The second-order valence-corrected chi connectivity index (χ2v) is 11.6. The van der Waals surface area contributed by atoms with Gasteiger partial charge in [0, 0.05) is 40.6 Å². The molecule has 0 aromatic heterocycles. The van der Waals surface area contributed by atoms with E-state index in [4.69, 9.17) is 28.4 Å². The van der Waals surface area contributed by atoms with Crippen molar-refractivity contribution in [3.05, 3.63) is 59.8 Å². The summed E-state index contributed by atoms with van der Waals surface area (Å²) < 4.78 is 33.9. The van der Waals surface area contributed by atoms with Gasteiger partial charge < -0.3 is 43.7 Å². The predicted molar refractivity (Wildman–Crippen MR) is 168 cm³/mol. The quantitative estimate of drug-likeness (QED) is 0.266. The number of methoxy groups -OCH3 is 3. The van der Waals surface area contributed by atoms with Crippen molar-refractivity contribution in [2.24, 2.45) is 5.92 Å². The molecule has 0 aliphatic carbocycles. The van der Waals surface area contributed by atoms with Crippen molar-refractivity contribution in [1.82, 2.24) is 0 Å². The van der Waals surface area contributed by atoms with E-state index < -0.39 is 55.2 Å². The Morgan fingerprint density at radius 3 is 2.32 bits per heavy atom. The van der Waals surface area contributed by atoms with E-state index in [-0.39, 0.29) is 31.3 Å². The van der Waals surface area contributed by atoms with Gasteiger partial charge in [0.15, 0.2) is 12.6 Å². The average molecular weight is 623 g/mol. The summed E-state index contributed by atoms with van der Waals surface area (Å²) in [5.74, 6) is -0.268. The van der Waals surface area contributed by atoms with Crippen LogP contribution in [-0.2, 0) is 33.2 Å². The summed E-state index contributed by atoms with van der Waals surface area (Å²) in [5.41, 5.74) is 2.06. The normalized spacial score (nSPS) is 35.6. The van der Waals surface area contributed by atoms with Gasteiger partial charge >= 0.3 is 5.97 Å². The van der Waals surface area contributed by atoms with Gasteiger partial charge in [0.1, 0.15) is 24.4 Å². The van der Waals surface area contributed by atoms with Crippen LogP contribution in [0.15, 0.2) is 59.8 Å². The van der Waals surface area contributed by atoms with Crippen LogP contribution in [0.1, 0.15) is 66.2 Å². The number of cyclic esters (lactones) is 1. The van der Waals surface area contributed by atoms with E-state index >= 15 is 0 Å². The van der Waals surface area contributed by atoms with Crippen LogP contribution in [-0.4, -0.2) is 97.9 Å². The summed E-state index contributed by atoms with van der Waals surface area (Å²) in [5, 5.41) is 32.5. The number of hydrogen-bond donors (Lipinski definition) is 3. The van der Waals surface area contributed by atoms with Crippen molar-refractivity contribution < 1.29 is 48.5 Å². The lowest BCUT2D eigenvalue weighted by Gasteiger charge is -2.42. The number of carbonyl (C=O) groups excluding carboxylic acids is 1. The molecule has 0 unspecified atom stereocenters. The van der Waals surface area contributed by atoms with Crippen molar-refractivity contribution in [2.45, 2.75) is 122 Å². The summed E-state index contributed by atoms with van der Waals surface area (Å²) in [4.78, 5) is 13.3. The van der Waals surface area contributed by atoms with Crippen molar-refractivity contribution in [3.8, 4) is 0 Å². The maximum absolute atomic E-state index is 13.3. The van der Waals surface area contributed by atoms with Crippen molar-refractivity contribution in [2.75, 3.05) is 21.3 Å². The standard InChI is InChI=1S/C34H54O10/c1-8-9-14-23(3)18-26-16-13-11-10-12-15-22(2)17-24(4)28(39-5)20-25(35)19-27(21-29(36)42-26)43-34-31(38)32(40-6)30(37)33(41-7)44-34/h8-13,17-18,22,25-28,30-35,37-38H,14-16,19-21H2,1-7H3/b9-8+,12-10?,13-11?,23-18-,24-17?/t22-,25-,26+,27+,28-,30-,31+,32-,33-,34+/m0/s1. The number of allylic oxidation sites excluding steroid dienone is 7. The van der Waals surface area contributed by atoms with Gasteiger partial charge in [-0.25, -0.2) is 0 Å². The number of aliphatic hydroxyl groups excluding tert-OH is 3. The molecule has 0 saturated carbocycles. The molecule has 10 heteroatoms. The highest BCUT2D eigenvalue weighted by Crippen LogP contribution is 2.28. The molecular weight excluding hydrogens is 568 g/mol. The molecule has 1 saturated heterocycles. The Bertz CT molecular complexity index is 1000. The zero-order chi connectivity index (χ0) is 32.6. The minimum Gasteiger partial charge on any atom is -0.458 e. The minimum absolute atomic E-state index is 0.0334. The van der Waals surface area contributed by atoms with E-state index in [9.17, 15) is 20.1 Å². The van der Waals surface area contributed by atoms with Crippen LogP contribution in [0.2, 0.25) is 0 Å². The molecule has 0 aromatic carbocycles. The number of carbonyl (C=O) groups is 1. The Morgan fingerprint density at radius 2 is 1.68 bits per heavy atom. The molecular formula is C34H54O10. The number of rotatable bonds is 8. The van der Waals surface area contributed by atoms with Crippen LogP contribution in [0.5, 0.6) is 0 Å². The molecule has 2 aliphatic rings. The van der Waals surface area contributed by atoms with Crippen molar-refractivity contribution in [1.29, 1.82) is 0 Å². The van der Waals surface area contributed by atoms with E-state index in [0.717, 1.165) is 24.0 Å². The van der Waals surface area contributed by atoms with E-state index in [1.54, 1.807) is 7.11 Å². The topological polar surface area (TPSA) is 133 Å². The molecule has 0 spiro atoms. The van der Waals surface area contributed by atoms with Crippen molar-refractivity contribution in [3.63, 3.8) is 0 Å². The molecule has 250 valence electrons. The molecule has 0 bridgehead atoms. The summed E-state index contributed by atoms with van der Waals surface area (Å²) in [7, 11) is 4.30. The SMILES string of the molecule is C/C=C/C/C(C)=C\[C@H]1CC=CC=CC[C@H](C)C=C(C)[C@@H](OC)C[C@@H](O)C[C@@H](O[C@@H]2O[C@H](OC)[C@@H](O)[C@H](OC)[C@H]2O)CC(=O)O1. The minimum atomic E-state index is -1.39. The molecule has 2 rings (SSSR count). The van der Waals surface area contributed by atoms with Gasteiger partial charge in [-0.3, -0.25) is 4.79 Å². The first-order valence-electron chi connectivity index (χ1n) is 15.4. The summed E-state index contributed by atoms with van der Waals surface area (Å²) in [6, 6.07) is 0. The van der Waals surface area contributed by atoms with Crippen LogP contribution in [0.4, 0.5) is 0 Å². The van der Waals surface area contributed by atoms with Crippen LogP contribution in [0, 0.1) is 5.92 Å². The highest BCUT2D eigenvalue weighted by atomic mass is 16.8. The summed E-state index contributed by atoms with van der Waals surface area (Å²) in [6.07, 6.45) is 9.43. The third-order valence-corrected chi connectivity index (χ3v) is 7.77. The Kier molecular flexibility index (Phi) is 17.4. The predicted octanol–water partition coefficient (Wildman–Crippen LogP) is 4.30. The van der Waals surface area contributed by atoms with Gasteiger partial charge in [-0.1, -0.05) is 55.0 Å². The molecule has 0 amide bonds. The lowest BCUT2D eigenvalue weighted by Crippen LogP contribution is -2.60. The monoisotopic (exact) mass is 622 g/mol. The Balaban J connectivity index is 2.39. The highest BCUT2D eigenvalue weighted by Gasteiger charge is 2.47. The maximum Gasteiger partial charge on any atom is 0.309 e. The summed E-state index contributed by atoms with van der Waals surface area (Å²) in [6.45, 7) is 8.05. The Morgan fingerprint density at radius 1 is 1.00 bits per heavy atom. The molecule has 0 aromatic rings. The third kappa shape index (κ3) is 12.7. The van der Waals surface area contributed by atoms with E-state index in [1.165, 1.54) is 14.2 Å².